The van der Waals surface area contributed by atoms with Gasteiger partial charge in [-0.15, -0.1) is 5.10 Å². The lowest BCUT2D eigenvalue weighted by Gasteiger charge is -2.06. The van der Waals surface area contributed by atoms with Crippen LogP contribution in [0.2, 0.25) is 0 Å². The second-order valence-corrected chi connectivity index (χ2v) is 4.78. The summed E-state index contributed by atoms with van der Waals surface area (Å²) in [5.41, 5.74) is 0.833. The van der Waals surface area contributed by atoms with Crippen LogP contribution in [0.25, 0.3) is 0 Å². The highest BCUT2D eigenvalue weighted by atomic mass is 79.9. The molecule has 1 heterocycles. The molecule has 1 aromatic heterocycles. The Hall–Kier alpha value is -1.60. The van der Waals surface area contributed by atoms with Crippen LogP contribution in [-0.4, -0.2) is 24.4 Å². The number of benzene rings is 1. The van der Waals surface area contributed by atoms with Gasteiger partial charge >= 0.3 is 6.01 Å². The summed E-state index contributed by atoms with van der Waals surface area (Å²) in [5, 5.41) is 14.0. The van der Waals surface area contributed by atoms with Crippen molar-refractivity contribution in [1.29, 1.82) is 0 Å². The van der Waals surface area contributed by atoms with Gasteiger partial charge in [0.05, 0.1) is 17.6 Å². The molecule has 102 valence electrons. The first-order valence-electron chi connectivity index (χ1n) is 5.75. The molecule has 0 radical (unpaired) electrons. The van der Waals surface area contributed by atoms with Gasteiger partial charge in [-0.25, -0.2) is 0 Å². The number of halogens is 1. The van der Waals surface area contributed by atoms with E-state index in [-0.39, 0.29) is 6.04 Å². The maximum atomic E-state index is 5.49. The molecule has 0 fully saturated rings. The van der Waals surface area contributed by atoms with E-state index in [0.717, 1.165) is 15.9 Å². The van der Waals surface area contributed by atoms with Crippen LogP contribution in [0.15, 0.2) is 27.1 Å². The van der Waals surface area contributed by atoms with Crippen LogP contribution in [0.5, 0.6) is 5.75 Å². The van der Waals surface area contributed by atoms with Crippen molar-refractivity contribution >= 4 is 27.6 Å². The predicted octanol–water partition coefficient (Wildman–Crippen LogP) is 2.86. The van der Waals surface area contributed by atoms with E-state index in [0.29, 0.717) is 11.9 Å². The van der Waals surface area contributed by atoms with E-state index in [1.54, 1.807) is 7.11 Å². The largest absolute Gasteiger partial charge is 0.496 e. The number of anilines is 2. The fraction of sp³-hybridized carbons (Fsp3) is 0.333. The van der Waals surface area contributed by atoms with Gasteiger partial charge in [-0.2, -0.15) is 0 Å². The van der Waals surface area contributed by atoms with E-state index in [1.165, 1.54) is 0 Å². The number of aromatic nitrogens is 2. The van der Waals surface area contributed by atoms with Crippen molar-refractivity contribution in [3.05, 3.63) is 28.6 Å². The SMILES string of the molecule is CNC(C)c1nnc(Nc2ccc(OC)c(Br)c2)o1. The van der Waals surface area contributed by atoms with Crippen LogP contribution in [-0.2, 0) is 0 Å². The Balaban J connectivity index is 2.12. The first-order valence-corrected chi connectivity index (χ1v) is 6.54. The Labute approximate surface area is 119 Å². The van der Waals surface area contributed by atoms with Gasteiger partial charge in [-0.1, -0.05) is 5.10 Å². The molecule has 0 aliphatic heterocycles. The maximum Gasteiger partial charge on any atom is 0.320 e. The lowest BCUT2D eigenvalue weighted by atomic mass is 10.3. The average Bonchev–Trinajstić information content (AvgIpc) is 2.86. The third-order valence-electron chi connectivity index (χ3n) is 2.65. The standard InChI is InChI=1S/C12H15BrN4O2/c1-7(14-2)11-16-17-12(19-11)15-8-4-5-10(18-3)9(13)6-8/h4-7,14H,1-3H3,(H,15,17). The van der Waals surface area contributed by atoms with Crippen molar-refractivity contribution in [2.24, 2.45) is 0 Å². The normalized spacial score (nSPS) is 12.2. The van der Waals surface area contributed by atoms with E-state index >= 15 is 0 Å². The number of hydrogen-bond donors (Lipinski definition) is 2. The lowest BCUT2D eigenvalue weighted by molar-refractivity contribution is 0.412. The topological polar surface area (TPSA) is 72.2 Å². The van der Waals surface area contributed by atoms with E-state index in [9.17, 15) is 0 Å². The van der Waals surface area contributed by atoms with Crippen LogP contribution >= 0.6 is 15.9 Å². The molecule has 1 atom stereocenters. The number of nitrogens with zero attached hydrogens (tertiary/aromatic N) is 2. The fourth-order valence-corrected chi connectivity index (χ4v) is 1.99. The van der Waals surface area contributed by atoms with Crippen LogP contribution < -0.4 is 15.4 Å². The molecule has 0 saturated carbocycles. The van der Waals surface area contributed by atoms with Crippen LogP contribution in [0, 0.1) is 0 Å². The summed E-state index contributed by atoms with van der Waals surface area (Å²) in [5.74, 6) is 1.30. The fourth-order valence-electron chi connectivity index (χ4n) is 1.45. The van der Waals surface area contributed by atoms with Gasteiger partial charge < -0.3 is 19.8 Å². The molecule has 0 bridgehead atoms. The maximum absolute atomic E-state index is 5.49. The molecule has 0 saturated heterocycles. The summed E-state index contributed by atoms with van der Waals surface area (Å²) in [6.07, 6.45) is 0. The zero-order chi connectivity index (χ0) is 13.8. The van der Waals surface area contributed by atoms with Crippen molar-refractivity contribution in [1.82, 2.24) is 15.5 Å². The molecule has 0 amide bonds. The smallest absolute Gasteiger partial charge is 0.320 e. The highest BCUT2D eigenvalue weighted by Crippen LogP contribution is 2.29. The summed E-state index contributed by atoms with van der Waals surface area (Å²) in [6.45, 7) is 1.95. The average molecular weight is 327 g/mol. The Morgan fingerprint density at radius 2 is 2.16 bits per heavy atom. The van der Waals surface area contributed by atoms with Crippen LogP contribution in [0.4, 0.5) is 11.7 Å². The van der Waals surface area contributed by atoms with E-state index in [4.69, 9.17) is 9.15 Å². The third kappa shape index (κ3) is 3.24. The molecular weight excluding hydrogens is 312 g/mol. The van der Waals surface area contributed by atoms with Crippen molar-refractivity contribution in [3.8, 4) is 5.75 Å². The van der Waals surface area contributed by atoms with Gasteiger partial charge in [0.15, 0.2) is 0 Å². The van der Waals surface area contributed by atoms with Gasteiger partial charge in [0.2, 0.25) is 5.89 Å². The van der Waals surface area contributed by atoms with E-state index in [2.05, 4.69) is 36.8 Å². The summed E-state index contributed by atoms with van der Waals surface area (Å²) >= 11 is 3.42. The summed E-state index contributed by atoms with van der Waals surface area (Å²) < 4.78 is 11.5. The predicted molar refractivity (Wildman–Crippen MR) is 75.7 cm³/mol. The minimum atomic E-state index is 0.0191. The van der Waals surface area contributed by atoms with Gasteiger partial charge in [0.1, 0.15) is 5.75 Å². The molecule has 2 rings (SSSR count). The monoisotopic (exact) mass is 326 g/mol. The highest BCUT2D eigenvalue weighted by molar-refractivity contribution is 9.10. The van der Waals surface area contributed by atoms with Crippen LogP contribution in [0.3, 0.4) is 0 Å². The van der Waals surface area contributed by atoms with Crippen molar-refractivity contribution in [3.63, 3.8) is 0 Å². The Kier molecular flexibility index (Phi) is 4.39. The third-order valence-corrected chi connectivity index (χ3v) is 3.27. The quantitative estimate of drug-likeness (QED) is 0.880. The van der Waals surface area contributed by atoms with E-state index in [1.807, 2.05) is 32.2 Å². The number of rotatable bonds is 5. The van der Waals surface area contributed by atoms with Crippen LogP contribution in [0.1, 0.15) is 18.9 Å². The molecule has 2 N–H and O–H groups in total. The number of methoxy groups -OCH3 is 1. The van der Waals surface area contributed by atoms with Gasteiger partial charge in [-0.05, 0) is 48.1 Å². The Bertz CT molecular complexity index is 558. The molecule has 19 heavy (non-hydrogen) atoms. The lowest BCUT2D eigenvalue weighted by Crippen LogP contribution is -2.12. The van der Waals surface area contributed by atoms with Crippen molar-refractivity contribution < 1.29 is 9.15 Å². The first kappa shape index (κ1) is 13.8. The van der Waals surface area contributed by atoms with Gasteiger partial charge in [0, 0.05) is 5.69 Å². The molecular formula is C12H15BrN4O2. The van der Waals surface area contributed by atoms with Crippen molar-refractivity contribution in [2.75, 3.05) is 19.5 Å². The number of ether oxygens (including phenoxy) is 1. The van der Waals surface area contributed by atoms with Gasteiger partial charge in [-0.3, -0.25) is 0 Å². The highest BCUT2D eigenvalue weighted by Gasteiger charge is 2.12. The zero-order valence-corrected chi connectivity index (χ0v) is 12.5. The summed E-state index contributed by atoms with van der Waals surface area (Å²) in [6, 6.07) is 5.97. The summed E-state index contributed by atoms with van der Waals surface area (Å²) in [4.78, 5) is 0. The Morgan fingerprint density at radius 1 is 1.37 bits per heavy atom. The molecule has 0 aliphatic rings. The number of hydrogen-bond acceptors (Lipinski definition) is 6. The molecule has 1 aromatic carbocycles. The minimum Gasteiger partial charge on any atom is -0.496 e. The van der Waals surface area contributed by atoms with Gasteiger partial charge in [0.25, 0.3) is 0 Å². The molecule has 2 aromatic rings. The van der Waals surface area contributed by atoms with E-state index < -0.39 is 0 Å². The molecule has 6 nitrogen and oxygen atoms in total. The molecule has 0 aliphatic carbocycles. The zero-order valence-electron chi connectivity index (χ0n) is 10.9. The minimum absolute atomic E-state index is 0.0191. The Morgan fingerprint density at radius 3 is 2.79 bits per heavy atom. The number of nitrogens with one attached hydrogen (secondary N) is 2. The second-order valence-electron chi connectivity index (χ2n) is 3.93. The molecule has 7 heteroatoms. The van der Waals surface area contributed by atoms with Crippen molar-refractivity contribution in [2.45, 2.75) is 13.0 Å². The molecule has 1 unspecified atom stereocenters. The first-order chi connectivity index (χ1) is 9.13. The summed E-state index contributed by atoms with van der Waals surface area (Å²) in [7, 11) is 3.46. The second kappa shape index (κ2) is 6.03. The molecule has 0 spiro atoms.